The van der Waals surface area contributed by atoms with Crippen molar-refractivity contribution in [1.29, 1.82) is 0 Å². The maximum absolute atomic E-state index is 11.2. The molecule has 2 aromatic carbocycles. The fourth-order valence-corrected chi connectivity index (χ4v) is 2.31. The van der Waals surface area contributed by atoms with Gasteiger partial charge in [-0.05, 0) is 41.7 Å². The van der Waals surface area contributed by atoms with E-state index in [1.54, 1.807) is 0 Å². The minimum absolute atomic E-state index is 0. The fourth-order valence-electron chi connectivity index (χ4n) is 2.31. The van der Waals surface area contributed by atoms with Gasteiger partial charge in [-0.15, -0.1) is 0 Å². The van der Waals surface area contributed by atoms with Gasteiger partial charge in [0.25, 0.3) is 0 Å². The third-order valence-corrected chi connectivity index (χ3v) is 3.70. The molecule has 124 valence electrons. The van der Waals surface area contributed by atoms with Crippen LogP contribution >= 0.6 is 0 Å². The number of anilines is 1. The molecule has 0 fully saturated rings. The van der Waals surface area contributed by atoms with E-state index in [2.05, 4.69) is 46.7 Å². The molecule has 0 heterocycles. The number of hydrogen-bond donors (Lipinski definition) is 2. The molecule has 0 aliphatic carbocycles. The Labute approximate surface area is 139 Å². The summed E-state index contributed by atoms with van der Waals surface area (Å²) >= 11 is 0. The van der Waals surface area contributed by atoms with Crippen molar-refractivity contribution in [3.05, 3.63) is 65.2 Å². The summed E-state index contributed by atoms with van der Waals surface area (Å²) < 4.78 is 0. The molecule has 4 heteroatoms. The molecule has 23 heavy (non-hydrogen) atoms. The van der Waals surface area contributed by atoms with Gasteiger partial charge in [-0.3, -0.25) is 10.2 Å². The lowest BCUT2D eigenvalue weighted by atomic mass is 10.0. The van der Waals surface area contributed by atoms with Crippen molar-refractivity contribution >= 4 is 11.6 Å². The number of nitrogens with one attached hydrogen (secondary N) is 1. The predicted octanol–water partition coefficient (Wildman–Crippen LogP) is 2.71. The molecule has 0 radical (unpaired) electrons. The van der Waals surface area contributed by atoms with Gasteiger partial charge in [-0.1, -0.05) is 43.8 Å². The van der Waals surface area contributed by atoms with E-state index < -0.39 is 0 Å². The van der Waals surface area contributed by atoms with Gasteiger partial charge in [0, 0.05) is 19.8 Å². The van der Waals surface area contributed by atoms with E-state index in [9.17, 15) is 4.79 Å². The van der Waals surface area contributed by atoms with Crippen molar-refractivity contribution in [3.8, 4) is 0 Å². The summed E-state index contributed by atoms with van der Waals surface area (Å²) in [6.07, 6.45) is 2.32. The van der Waals surface area contributed by atoms with Crippen LogP contribution in [-0.2, 0) is 24.1 Å². The molecule has 0 unspecified atom stereocenters. The lowest BCUT2D eigenvalue weighted by molar-refractivity contribution is -0.120. The number of nitrogens with zero attached hydrogens (tertiary/aromatic N) is 1. The second-order valence-electron chi connectivity index (χ2n) is 5.62. The zero-order valence-electron chi connectivity index (χ0n) is 13.2. The first-order valence-electron chi connectivity index (χ1n) is 7.42. The maximum atomic E-state index is 11.2. The maximum Gasteiger partial charge on any atom is 0.238 e. The largest absolute Gasteiger partial charge is 0.378 e. The summed E-state index contributed by atoms with van der Waals surface area (Å²) in [5, 5.41) is 0. The van der Waals surface area contributed by atoms with E-state index in [0.717, 1.165) is 18.4 Å². The topological polar surface area (TPSA) is 58.4 Å². The van der Waals surface area contributed by atoms with E-state index >= 15 is 0 Å². The van der Waals surface area contributed by atoms with Gasteiger partial charge in [0.2, 0.25) is 5.91 Å². The normalized spacial score (nSPS) is 9.87. The summed E-state index contributed by atoms with van der Waals surface area (Å²) in [5.74, 6) is 4.92. The van der Waals surface area contributed by atoms with Crippen LogP contribution in [0.5, 0.6) is 0 Å². The number of hydrazine groups is 1. The molecule has 0 saturated heterocycles. The van der Waals surface area contributed by atoms with Gasteiger partial charge < -0.3 is 4.90 Å². The van der Waals surface area contributed by atoms with Crippen molar-refractivity contribution < 1.29 is 4.79 Å². The summed E-state index contributed by atoms with van der Waals surface area (Å²) in [6, 6.07) is 16.8. The highest BCUT2D eigenvalue weighted by Crippen LogP contribution is 2.14. The second-order valence-corrected chi connectivity index (χ2v) is 5.62. The van der Waals surface area contributed by atoms with Crippen molar-refractivity contribution in [2.24, 2.45) is 5.84 Å². The number of aryl methyl sites for hydroxylation is 2. The highest BCUT2D eigenvalue weighted by atomic mass is 16.2. The van der Waals surface area contributed by atoms with Gasteiger partial charge in [0.05, 0.1) is 6.42 Å². The second kappa shape index (κ2) is 8.96. The number of benzene rings is 2. The molecule has 2 rings (SSSR count). The Morgan fingerprint density at radius 3 is 1.78 bits per heavy atom. The molecule has 0 bridgehead atoms. The number of nitrogens with two attached hydrogens (primary N) is 1. The lowest BCUT2D eigenvalue weighted by Gasteiger charge is -2.12. The first-order chi connectivity index (χ1) is 10.6. The molecule has 0 aliphatic rings. The number of rotatable bonds is 6. The van der Waals surface area contributed by atoms with Gasteiger partial charge >= 0.3 is 0 Å². The molecule has 0 aliphatic heterocycles. The molecule has 4 nitrogen and oxygen atoms in total. The Morgan fingerprint density at radius 2 is 1.35 bits per heavy atom. The van der Waals surface area contributed by atoms with Crippen molar-refractivity contribution in [2.75, 3.05) is 19.0 Å². The Hall–Kier alpha value is -2.33. The van der Waals surface area contributed by atoms with Gasteiger partial charge in [0.1, 0.15) is 0 Å². The first kappa shape index (κ1) is 18.7. The summed E-state index contributed by atoms with van der Waals surface area (Å²) in [4.78, 5) is 13.3. The fraction of sp³-hybridized carbons (Fsp3) is 0.316. The van der Waals surface area contributed by atoms with E-state index in [1.165, 1.54) is 16.8 Å². The minimum Gasteiger partial charge on any atom is -0.378 e. The monoisotopic (exact) mass is 313 g/mol. The molecule has 0 atom stereocenters. The van der Waals surface area contributed by atoms with E-state index in [0.29, 0.717) is 6.42 Å². The summed E-state index contributed by atoms with van der Waals surface area (Å²) in [7, 11) is 4.09. The molecule has 1 amide bonds. The van der Waals surface area contributed by atoms with Crippen LogP contribution in [0.1, 0.15) is 24.1 Å². The third kappa shape index (κ3) is 5.75. The highest BCUT2D eigenvalue weighted by molar-refractivity contribution is 5.77. The van der Waals surface area contributed by atoms with Crippen LogP contribution in [0.4, 0.5) is 5.69 Å². The summed E-state index contributed by atoms with van der Waals surface area (Å²) in [5.41, 5.74) is 6.94. The van der Waals surface area contributed by atoms with E-state index in [-0.39, 0.29) is 13.3 Å². The zero-order valence-corrected chi connectivity index (χ0v) is 13.2. The van der Waals surface area contributed by atoms with E-state index in [4.69, 9.17) is 5.84 Å². The van der Waals surface area contributed by atoms with Crippen LogP contribution in [0.25, 0.3) is 0 Å². The SMILES string of the molecule is C.CN(C)c1ccc(CCc2ccc(CC(=O)NN)cc2)cc1. The van der Waals surface area contributed by atoms with Crippen molar-refractivity contribution in [1.82, 2.24) is 5.43 Å². The Kier molecular flexibility index (Phi) is 7.29. The zero-order chi connectivity index (χ0) is 15.9. The first-order valence-corrected chi connectivity index (χ1v) is 7.42. The molecule has 2 aromatic rings. The van der Waals surface area contributed by atoms with Gasteiger partial charge in [0.15, 0.2) is 0 Å². The number of amides is 1. The average Bonchev–Trinajstić information content (AvgIpc) is 2.54. The number of carbonyl (C=O) groups excluding carboxylic acids is 1. The lowest BCUT2D eigenvalue weighted by Crippen LogP contribution is -2.31. The van der Waals surface area contributed by atoms with Crippen LogP contribution < -0.4 is 16.2 Å². The molecule has 0 spiro atoms. The van der Waals surface area contributed by atoms with Gasteiger partial charge in [-0.25, -0.2) is 5.84 Å². The Morgan fingerprint density at radius 1 is 0.913 bits per heavy atom. The van der Waals surface area contributed by atoms with Crippen LogP contribution in [0, 0.1) is 0 Å². The van der Waals surface area contributed by atoms with Crippen LogP contribution in [0.15, 0.2) is 48.5 Å². The summed E-state index contributed by atoms with van der Waals surface area (Å²) in [6.45, 7) is 0. The van der Waals surface area contributed by atoms with Crippen LogP contribution in [0.2, 0.25) is 0 Å². The van der Waals surface area contributed by atoms with Crippen molar-refractivity contribution in [3.63, 3.8) is 0 Å². The van der Waals surface area contributed by atoms with E-state index in [1.807, 2.05) is 26.2 Å². The average molecular weight is 313 g/mol. The quantitative estimate of drug-likeness (QED) is 0.490. The Bertz CT molecular complexity index is 604. The highest BCUT2D eigenvalue weighted by Gasteiger charge is 2.02. The van der Waals surface area contributed by atoms with Gasteiger partial charge in [-0.2, -0.15) is 0 Å². The molecular formula is C19H27N3O. The molecular weight excluding hydrogens is 286 g/mol. The number of hydrogen-bond acceptors (Lipinski definition) is 3. The Balaban J connectivity index is 0.00000264. The van der Waals surface area contributed by atoms with Crippen LogP contribution in [-0.4, -0.2) is 20.0 Å². The smallest absolute Gasteiger partial charge is 0.238 e. The van der Waals surface area contributed by atoms with Crippen molar-refractivity contribution in [2.45, 2.75) is 26.7 Å². The molecule has 0 aromatic heterocycles. The molecule has 0 saturated carbocycles. The predicted molar refractivity (Wildman–Crippen MR) is 97.4 cm³/mol. The minimum atomic E-state index is -0.172. The number of carbonyl (C=O) groups is 1. The van der Waals surface area contributed by atoms with Crippen LogP contribution in [0.3, 0.4) is 0 Å². The standard InChI is InChI=1S/C18H23N3O.CH4/c1-21(2)17-11-9-15(10-12-17)4-3-14-5-7-16(8-6-14)13-18(22)20-19;/h5-12H,3-4,13,19H2,1-2H3,(H,20,22);1H4. The molecule has 3 N–H and O–H groups in total. The third-order valence-electron chi connectivity index (χ3n) is 3.70.